The van der Waals surface area contributed by atoms with Crippen molar-refractivity contribution in [3.05, 3.63) is 84.1 Å². The third-order valence-corrected chi connectivity index (χ3v) is 5.74. The van der Waals surface area contributed by atoms with Crippen molar-refractivity contribution in [3.63, 3.8) is 0 Å². The number of benzene rings is 2. The predicted octanol–water partition coefficient (Wildman–Crippen LogP) is 2.95. The van der Waals surface area contributed by atoms with E-state index in [1.807, 2.05) is 0 Å². The maximum absolute atomic E-state index is 13.1. The first kappa shape index (κ1) is 19.6. The third kappa shape index (κ3) is 2.84. The second-order valence-electron chi connectivity index (χ2n) is 6.79. The van der Waals surface area contributed by atoms with Crippen LogP contribution in [0, 0.1) is 10.1 Å². The van der Waals surface area contributed by atoms with Crippen molar-refractivity contribution in [1.29, 1.82) is 0 Å². The first-order valence-electron chi connectivity index (χ1n) is 8.82. The predicted molar refractivity (Wildman–Crippen MR) is 118 cm³/mol. The molecule has 0 aliphatic carbocycles. The van der Waals surface area contributed by atoms with Crippen LogP contribution in [0.4, 0.5) is 11.4 Å². The molecule has 0 amide bonds. The largest absolute Gasteiger partial charge is 0.397 e. The number of aryl methyl sites for hydroxylation is 1. The molecule has 0 atom stereocenters. The SMILES string of the molecule is Cn1c(=O)c2c(-c3cc([N+](=O)[O-])ccc3Br)n(-c3ccccc3N)cc2n(C)c1=O. The molecule has 30 heavy (non-hydrogen) atoms. The van der Waals surface area contributed by atoms with Crippen LogP contribution in [0.3, 0.4) is 0 Å². The minimum absolute atomic E-state index is 0.128. The molecule has 4 aromatic rings. The van der Waals surface area contributed by atoms with E-state index < -0.39 is 16.2 Å². The van der Waals surface area contributed by atoms with Gasteiger partial charge < -0.3 is 10.3 Å². The van der Waals surface area contributed by atoms with Gasteiger partial charge in [0.1, 0.15) is 0 Å². The topological polar surface area (TPSA) is 118 Å². The van der Waals surface area contributed by atoms with E-state index in [1.165, 1.54) is 23.7 Å². The summed E-state index contributed by atoms with van der Waals surface area (Å²) in [5.41, 5.74) is 7.31. The number of nitrogens with zero attached hydrogens (tertiary/aromatic N) is 4. The average Bonchev–Trinajstić information content (AvgIpc) is 3.11. The van der Waals surface area contributed by atoms with Gasteiger partial charge >= 0.3 is 5.69 Å². The number of aromatic nitrogens is 3. The van der Waals surface area contributed by atoms with Crippen LogP contribution in [-0.4, -0.2) is 18.6 Å². The Morgan fingerprint density at radius 3 is 2.43 bits per heavy atom. The van der Waals surface area contributed by atoms with Crippen molar-refractivity contribution < 1.29 is 4.92 Å². The Balaban J connectivity index is 2.26. The number of hydrogen-bond donors (Lipinski definition) is 1. The Morgan fingerprint density at radius 2 is 1.77 bits per heavy atom. The first-order chi connectivity index (χ1) is 14.2. The summed E-state index contributed by atoms with van der Waals surface area (Å²) in [6.07, 6.45) is 1.64. The molecule has 9 nitrogen and oxygen atoms in total. The van der Waals surface area contributed by atoms with Crippen molar-refractivity contribution in [2.24, 2.45) is 14.1 Å². The number of nitro benzene ring substituents is 1. The van der Waals surface area contributed by atoms with E-state index in [1.54, 1.807) is 48.1 Å². The monoisotopic (exact) mass is 469 g/mol. The lowest BCUT2D eigenvalue weighted by atomic mass is 10.1. The fourth-order valence-electron chi connectivity index (χ4n) is 3.51. The fourth-order valence-corrected chi connectivity index (χ4v) is 3.94. The number of hydrogen-bond acceptors (Lipinski definition) is 5. The van der Waals surface area contributed by atoms with E-state index in [2.05, 4.69) is 15.9 Å². The highest BCUT2D eigenvalue weighted by atomic mass is 79.9. The van der Waals surface area contributed by atoms with E-state index in [0.29, 0.717) is 32.6 Å². The molecule has 2 heterocycles. The molecule has 4 rings (SSSR count). The summed E-state index contributed by atoms with van der Waals surface area (Å²) in [7, 11) is 2.96. The van der Waals surface area contributed by atoms with Crippen molar-refractivity contribution in [3.8, 4) is 16.9 Å². The molecule has 0 saturated carbocycles. The average molecular weight is 470 g/mol. The number of para-hydroxylation sites is 2. The lowest BCUT2D eigenvalue weighted by Crippen LogP contribution is -2.36. The molecule has 0 aliphatic rings. The molecule has 2 aromatic carbocycles. The molecule has 0 radical (unpaired) electrons. The molecule has 0 unspecified atom stereocenters. The number of halogens is 1. The number of non-ortho nitro benzene ring substituents is 1. The molecule has 0 aliphatic heterocycles. The molecule has 0 fully saturated rings. The standard InChI is InChI=1S/C20H16BrN5O4/c1-23-16-10-25(15-6-4-3-5-14(15)22)18(17(16)19(27)24(2)20(23)28)12-9-11(26(29)30)7-8-13(12)21/h3-10H,22H2,1-2H3. The maximum Gasteiger partial charge on any atom is 0.330 e. The number of rotatable bonds is 3. The zero-order chi connectivity index (χ0) is 21.7. The number of fused-ring (bicyclic) bond motifs is 1. The van der Waals surface area contributed by atoms with E-state index in [9.17, 15) is 19.7 Å². The summed E-state index contributed by atoms with van der Waals surface area (Å²) in [5.74, 6) is 0. The molecule has 152 valence electrons. The lowest BCUT2D eigenvalue weighted by molar-refractivity contribution is -0.384. The molecular formula is C20H16BrN5O4. The maximum atomic E-state index is 13.1. The molecule has 0 saturated heterocycles. The van der Waals surface area contributed by atoms with Gasteiger partial charge in [-0.2, -0.15) is 0 Å². The van der Waals surface area contributed by atoms with Gasteiger partial charge in [-0.25, -0.2) is 4.79 Å². The Labute approximate surface area is 177 Å². The van der Waals surface area contributed by atoms with E-state index >= 15 is 0 Å². The molecule has 0 spiro atoms. The summed E-state index contributed by atoms with van der Waals surface area (Å²) in [4.78, 5) is 36.5. The first-order valence-corrected chi connectivity index (χ1v) is 9.62. The van der Waals surface area contributed by atoms with E-state index in [0.717, 1.165) is 4.57 Å². The van der Waals surface area contributed by atoms with Crippen molar-refractivity contribution in [2.75, 3.05) is 5.73 Å². The molecule has 2 aromatic heterocycles. The van der Waals surface area contributed by atoms with Gasteiger partial charge in [0.25, 0.3) is 11.2 Å². The van der Waals surface area contributed by atoms with Crippen LogP contribution in [0.25, 0.3) is 27.8 Å². The minimum atomic E-state index is -0.505. The zero-order valence-corrected chi connectivity index (χ0v) is 17.6. The van der Waals surface area contributed by atoms with Gasteiger partial charge in [0.15, 0.2) is 0 Å². The van der Waals surface area contributed by atoms with Gasteiger partial charge in [-0.05, 0) is 18.2 Å². The van der Waals surface area contributed by atoms with Gasteiger partial charge in [-0.3, -0.25) is 24.0 Å². The minimum Gasteiger partial charge on any atom is -0.397 e. The van der Waals surface area contributed by atoms with Gasteiger partial charge in [-0.1, -0.05) is 28.1 Å². The highest BCUT2D eigenvalue weighted by Crippen LogP contribution is 2.38. The third-order valence-electron chi connectivity index (χ3n) is 5.05. The molecule has 0 bridgehead atoms. The lowest BCUT2D eigenvalue weighted by Gasteiger charge is -2.13. The normalized spacial score (nSPS) is 11.2. The Kier molecular flexibility index (Phi) is 4.58. The van der Waals surface area contributed by atoms with Crippen molar-refractivity contribution >= 4 is 38.2 Å². The highest BCUT2D eigenvalue weighted by molar-refractivity contribution is 9.10. The second-order valence-corrected chi connectivity index (χ2v) is 7.65. The molecular weight excluding hydrogens is 454 g/mol. The van der Waals surface area contributed by atoms with Crippen LogP contribution in [0.2, 0.25) is 0 Å². The summed E-state index contributed by atoms with van der Waals surface area (Å²) in [6, 6.07) is 11.4. The summed E-state index contributed by atoms with van der Waals surface area (Å²) in [5, 5.41) is 11.6. The molecule has 10 heteroatoms. The van der Waals surface area contributed by atoms with Crippen LogP contribution in [-0.2, 0) is 14.1 Å². The fraction of sp³-hybridized carbons (Fsp3) is 0.100. The Morgan fingerprint density at radius 1 is 1.07 bits per heavy atom. The zero-order valence-electron chi connectivity index (χ0n) is 16.0. The summed E-state index contributed by atoms with van der Waals surface area (Å²) in [6.45, 7) is 0. The Hall–Kier alpha value is -3.66. The van der Waals surface area contributed by atoms with Crippen molar-refractivity contribution in [1.82, 2.24) is 13.7 Å². The van der Waals surface area contributed by atoms with Gasteiger partial charge in [-0.15, -0.1) is 0 Å². The van der Waals surface area contributed by atoms with E-state index in [-0.39, 0.29) is 11.1 Å². The quantitative estimate of drug-likeness (QED) is 0.281. The van der Waals surface area contributed by atoms with Gasteiger partial charge in [0, 0.05) is 42.5 Å². The van der Waals surface area contributed by atoms with Crippen LogP contribution < -0.4 is 17.0 Å². The molecule has 2 N–H and O–H groups in total. The number of anilines is 1. The van der Waals surface area contributed by atoms with Gasteiger partial charge in [0.2, 0.25) is 0 Å². The van der Waals surface area contributed by atoms with Crippen LogP contribution in [0.1, 0.15) is 0 Å². The number of nitrogen functional groups attached to an aromatic ring is 1. The smallest absolute Gasteiger partial charge is 0.330 e. The second kappa shape index (κ2) is 6.99. The number of nitrogens with two attached hydrogens (primary N) is 1. The Bertz CT molecular complexity index is 1460. The van der Waals surface area contributed by atoms with Gasteiger partial charge in [0.05, 0.1) is 32.9 Å². The number of nitro groups is 1. The van der Waals surface area contributed by atoms with Crippen LogP contribution in [0.5, 0.6) is 0 Å². The highest BCUT2D eigenvalue weighted by Gasteiger charge is 2.23. The van der Waals surface area contributed by atoms with Crippen LogP contribution >= 0.6 is 15.9 Å². The van der Waals surface area contributed by atoms with E-state index in [4.69, 9.17) is 5.73 Å². The van der Waals surface area contributed by atoms with Crippen molar-refractivity contribution in [2.45, 2.75) is 0 Å². The summed E-state index contributed by atoms with van der Waals surface area (Å²) < 4.78 is 4.61. The van der Waals surface area contributed by atoms with Crippen LogP contribution in [0.15, 0.2) is 62.7 Å². The summed E-state index contributed by atoms with van der Waals surface area (Å²) >= 11 is 3.44.